The van der Waals surface area contributed by atoms with Crippen LogP contribution < -0.4 is 15.5 Å². The van der Waals surface area contributed by atoms with Crippen LogP contribution >= 0.6 is 23.8 Å². The molecule has 0 aliphatic heterocycles. The lowest BCUT2D eigenvalue weighted by Crippen LogP contribution is -2.31. The van der Waals surface area contributed by atoms with E-state index in [9.17, 15) is 0 Å². The van der Waals surface area contributed by atoms with Gasteiger partial charge in [0.15, 0.2) is 5.11 Å². The van der Waals surface area contributed by atoms with Gasteiger partial charge < -0.3 is 10.1 Å². The highest BCUT2D eigenvalue weighted by molar-refractivity contribution is 7.80. The second-order valence-corrected chi connectivity index (χ2v) is 4.72. The molecule has 0 unspecified atom stereocenters. The summed E-state index contributed by atoms with van der Waals surface area (Å²) in [5, 5.41) is 7.92. The van der Waals surface area contributed by atoms with Crippen molar-refractivity contribution in [2.75, 3.05) is 13.2 Å². The minimum atomic E-state index is 0.440. The van der Waals surface area contributed by atoms with Gasteiger partial charge in [-0.25, -0.2) is 0 Å². The van der Waals surface area contributed by atoms with E-state index in [1.54, 1.807) is 18.4 Å². The third kappa shape index (κ3) is 6.04. The van der Waals surface area contributed by atoms with E-state index in [0.29, 0.717) is 29.0 Å². The van der Waals surface area contributed by atoms with Crippen LogP contribution in [0.4, 0.5) is 0 Å². The fourth-order valence-corrected chi connectivity index (χ4v) is 1.68. The highest BCUT2D eigenvalue weighted by Gasteiger charge is 2.01. The molecule has 0 fully saturated rings. The number of ether oxygens (including phenoxy) is 1. The van der Waals surface area contributed by atoms with E-state index < -0.39 is 0 Å². The minimum absolute atomic E-state index is 0.440. The van der Waals surface area contributed by atoms with Gasteiger partial charge >= 0.3 is 0 Å². The molecule has 0 bridgehead atoms. The minimum Gasteiger partial charge on any atom is -0.492 e. The summed E-state index contributed by atoms with van der Waals surface area (Å²) in [7, 11) is 0. The summed E-state index contributed by atoms with van der Waals surface area (Å²) < 4.78 is 5.50. The molecule has 0 aliphatic carbocycles. The van der Waals surface area contributed by atoms with Crippen molar-refractivity contribution in [2.45, 2.75) is 13.3 Å². The van der Waals surface area contributed by atoms with Gasteiger partial charge in [0.05, 0.1) is 17.8 Å². The van der Waals surface area contributed by atoms with E-state index in [-0.39, 0.29) is 0 Å². The van der Waals surface area contributed by atoms with Gasteiger partial charge in [0.1, 0.15) is 5.75 Å². The number of nitrogens with zero attached hydrogens (tertiary/aromatic N) is 1. The van der Waals surface area contributed by atoms with Gasteiger partial charge in [0.2, 0.25) is 0 Å². The van der Waals surface area contributed by atoms with E-state index in [2.05, 4.69) is 22.4 Å². The number of hydrogen-bond acceptors (Lipinski definition) is 3. The van der Waals surface area contributed by atoms with Crippen molar-refractivity contribution in [3.05, 3.63) is 41.4 Å². The Balaban J connectivity index is 2.53. The van der Waals surface area contributed by atoms with E-state index >= 15 is 0 Å². The molecule has 0 aromatic heterocycles. The standard InChI is InChI=1S/C14H18ClN3OS/c1-3-7-16-14(20)18-17-10-11-5-6-13(12(15)9-11)19-8-4-2/h3,5-6,9-10H,1,4,7-8H2,2H3,(H2,16,18,20)/b17-10+. The summed E-state index contributed by atoms with van der Waals surface area (Å²) in [4.78, 5) is 0. The topological polar surface area (TPSA) is 45.7 Å². The molecular formula is C14H18ClN3OS. The molecule has 0 saturated heterocycles. The largest absolute Gasteiger partial charge is 0.492 e. The van der Waals surface area contributed by atoms with Crippen LogP contribution in [-0.4, -0.2) is 24.5 Å². The van der Waals surface area contributed by atoms with E-state index in [0.717, 1.165) is 12.0 Å². The quantitative estimate of drug-likeness (QED) is 0.351. The molecule has 1 rings (SSSR count). The smallest absolute Gasteiger partial charge is 0.187 e. The van der Waals surface area contributed by atoms with Crippen molar-refractivity contribution in [3.8, 4) is 5.75 Å². The van der Waals surface area contributed by atoms with Crippen LogP contribution in [0.15, 0.2) is 36.0 Å². The molecule has 0 heterocycles. The summed E-state index contributed by atoms with van der Waals surface area (Å²) in [6.45, 7) is 6.87. The lowest BCUT2D eigenvalue weighted by atomic mass is 10.2. The van der Waals surface area contributed by atoms with Crippen molar-refractivity contribution in [3.63, 3.8) is 0 Å². The molecule has 0 aliphatic rings. The van der Waals surface area contributed by atoms with Gasteiger partial charge in [-0.15, -0.1) is 6.58 Å². The second-order valence-electron chi connectivity index (χ2n) is 3.91. The average molecular weight is 312 g/mol. The molecule has 0 atom stereocenters. The Kier molecular flexibility index (Phi) is 7.69. The first-order valence-corrected chi connectivity index (χ1v) is 7.06. The average Bonchev–Trinajstić information content (AvgIpc) is 2.44. The zero-order valence-corrected chi connectivity index (χ0v) is 12.9. The van der Waals surface area contributed by atoms with Crippen LogP contribution in [0.2, 0.25) is 5.02 Å². The van der Waals surface area contributed by atoms with Gasteiger partial charge in [-0.1, -0.05) is 24.6 Å². The Hall–Kier alpha value is -1.59. The third-order valence-electron chi connectivity index (χ3n) is 2.20. The maximum absolute atomic E-state index is 6.12. The summed E-state index contributed by atoms with van der Waals surface area (Å²) in [5.41, 5.74) is 3.56. The number of hydrogen-bond donors (Lipinski definition) is 2. The monoisotopic (exact) mass is 311 g/mol. The van der Waals surface area contributed by atoms with Crippen molar-refractivity contribution in [2.24, 2.45) is 5.10 Å². The first-order valence-electron chi connectivity index (χ1n) is 6.27. The number of thiocarbonyl (C=S) groups is 1. The van der Waals surface area contributed by atoms with Crippen molar-refractivity contribution >= 4 is 35.1 Å². The van der Waals surface area contributed by atoms with E-state index in [1.807, 2.05) is 19.1 Å². The van der Waals surface area contributed by atoms with Crippen LogP contribution in [-0.2, 0) is 0 Å². The van der Waals surface area contributed by atoms with E-state index in [4.69, 9.17) is 28.6 Å². The fourth-order valence-electron chi connectivity index (χ4n) is 1.30. The summed E-state index contributed by atoms with van der Waals surface area (Å²) in [6, 6.07) is 5.49. The Bertz CT molecular complexity index is 491. The van der Waals surface area contributed by atoms with Crippen LogP contribution in [0.25, 0.3) is 0 Å². The normalized spacial score (nSPS) is 10.3. The Labute approximate surface area is 129 Å². The molecule has 0 amide bonds. The second kappa shape index (κ2) is 9.34. The van der Waals surface area contributed by atoms with Gasteiger partial charge in [-0.3, -0.25) is 5.43 Å². The molecule has 4 nitrogen and oxygen atoms in total. The van der Waals surface area contributed by atoms with Crippen LogP contribution in [0, 0.1) is 0 Å². The molecule has 1 aromatic rings. The number of halogens is 1. The van der Waals surface area contributed by atoms with Crippen LogP contribution in [0.3, 0.4) is 0 Å². The number of benzene rings is 1. The Morgan fingerprint density at radius 2 is 2.35 bits per heavy atom. The number of nitrogens with one attached hydrogen (secondary N) is 2. The first-order chi connectivity index (χ1) is 9.67. The van der Waals surface area contributed by atoms with E-state index in [1.165, 1.54) is 0 Å². The SMILES string of the molecule is C=CCNC(=S)N/N=C/c1ccc(OCCC)c(Cl)c1. The maximum Gasteiger partial charge on any atom is 0.187 e. The van der Waals surface area contributed by atoms with Crippen molar-refractivity contribution in [1.82, 2.24) is 10.7 Å². The third-order valence-corrected chi connectivity index (χ3v) is 2.74. The molecule has 0 spiro atoms. The lowest BCUT2D eigenvalue weighted by molar-refractivity contribution is 0.317. The fraction of sp³-hybridized carbons (Fsp3) is 0.286. The Morgan fingerprint density at radius 1 is 1.55 bits per heavy atom. The highest BCUT2D eigenvalue weighted by atomic mass is 35.5. The molecule has 1 aromatic carbocycles. The first kappa shape index (κ1) is 16.5. The molecule has 20 heavy (non-hydrogen) atoms. The highest BCUT2D eigenvalue weighted by Crippen LogP contribution is 2.24. The molecular weight excluding hydrogens is 294 g/mol. The molecule has 0 radical (unpaired) electrons. The van der Waals surface area contributed by atoms with Crippen molar-refractivity contribution < 1.29 is 4.74 Å². The lowest BCUT2D eigenvalue weighted by Gasteiger charge is -2.07. The summed E-state index contributed by atoms with van der Waals surface area (Å²) in [6.07, 6.45) is 4.29. The molecule has 6 heteroatoms. The zero-order chi connectivity index (χ0) is 14.8. The number of rotatable bonds is 7. The zero-order valence-electron chi connectivity index (χ0n) is 11.4. The molecule has 0 saturated carbocycles. The maximum atomic E-state index is 6.12. The summed E-state index contributed by atoms with van der Waals surface area (Å²) in [5.74, 6) is 0.682. The molecule has 108 valence electrons. The van der Waals surface area contributed by atoms with Crippen molar-refractivity contribution in [1.29, 1.82) is 0 Å². The van der Waals surface area contributed by atoms with Crippen LogP contribution in [0.5, 0.6) is 5.75 Å². The van der Waals surface area contributed by atoms with Gasteiger partial charge in [0.25, 0.3) is 0 Å². The summed E-state index contributed by atoms with van der Waals surface area (Å²) >= 11 is 11.1. The number of hydrazone groups is 1. The molecule has 2 N–H and O–H groups in total. The Morgan fingerprint density at radius 3 is 3.00 bits per heavy atom. The van der Waals surface area contributed by atoms with Crippen LogP contribution in [0.1, 0.15) is 18.9 Å². The predicted molar refractivity (Wildman–Crippen MR) is 88.8 cm³/mol. The van der Waals surface area contributed by atoms with Gasteiger partial charge in [-0.05, 0) is 42.4 Å². The van der Waals surface area contributed by atoms with Gasteiger partial charge in [-0.2, -0.15) is 5.10 Å². The predicted octanol–water partition coefficient (Wildman–Crippen LogP) is 3.11. The van der Waals surface area contributed by atoms with Gasteiger partial charge in [0, 0.05) is 6.54 Å².